The quantitative estimate of drug-likeness (QED) is 0.193. The molecule has 4 rings (SSSR count). The second-order valence-electron chi connectivity index (χ2n) is 9.04. The molecule has 3 N–H and O–H groups in total. The van der Waals surface area contributed by atoms with Crippen LogP contribution in [0.5, 0.6) is 5.75 Å². The summed E-state index contributed by atoms with van der Waals surface area (Å²) in [4.78, 5) is 13.1. The van der Waals surface area contributed by atoms with Gasteiger partial charge in [-0.15, -0.1) is 10.2 Å². The Balaban J connectivity index is 1.75. The lowest BCUT2D eigenvalue weighted by atomic mass is 9.94. The molecule has 0 spiro atoms. The van der Waals surface area contributed by atoms with Crippen LogP contribution in [0.4, 0.5) is 16.2 Å². The highest BCUT2D eigenvalue weighted by Gasteiger charge is 2.18. The van der Waals surface area contributed by atoms with E-state index in [1.807, 2.05) is 61.5 Å². The molecular weight excluding hydrogens is 464 g/mol. The van der Waals surface area contributed by atoms with Gasteiger partial charge in [-0.2, -0.15) is 5.21 Å². The molecule has 3 aromatic carbocycles. The van der Waals surface area contributed by atoms with Crippen LogP contribution in [-0.2, 0) is 6.42 Å². The lowest BCUT2D eigenvalue weighted by molar-refractivity contribution is 0.261. The van der Waals surface area contributed by atoms with Gasteiger partial charge in [0.05, 0.1) is 12.3 Å². The zero-order chi connectivity index (χ0) is 26.0. The number of carbonyl (C=O) groups is 1. The maximum atomic E-state index is 13.1. The summed E-state index contributed by atoms with van der Waals surface area (Å²) in [6.07, 6.45) is 4.98. The fourth-order valence-corrected chi connectivity index (χ4v) is 4.19. The molecule has 0 bridgehead atoms. The number of tetrazole rings is 1. The van der Waals surface area contributed by atoms with Crippen LogP contribution in [0.25, 0.3) is 22.5 Å². The lowest BCUT2D eigenvalue weighted by Crippen LogP contribution is -2.20. The minimum Gasteiger partial charge on any atom is -0.491 e. The number of hydrogen-bond donors (Lipinski definition) is 3. The fourth-order valence-electron chi connectivity index (χ4n) is 4.19. The zero-order valence-electron chi connectivity index (χ0n) is 21.7. The number of carbonyl (C=O) groups excluding carboxylic acids is 1. The van der Waals surface area contributed by atoms with E-state index in [9.17, 15) is 4.79 Å². The van der Waals surface area contributed by atoms with Gasteiger partial charge in [0, 0.05) is 11.3 Å². The van der Waals surface area contributed by atoms with E-state index < -0.39 is 0 Å². The Morgan fingerprint density at radius 2 is 1.73 bits per heavy atom. The Morgan fingerprint density at radius 1 is 0.946 bits per heavy atom. The Labute approximate surface area is 217 Å². The second-order valence-corrected chi connectivity index (χ2v) is 9.04. The number of anilines is 2. The van der Waals surface area contributed by atoms with Gasteiger partial charge in [0.15, 0.2) is 0 Å². The molecule has 0 atom stereocenters. The summed E-state index contributed by atoms with van der Waals surface area (Å²) in [5.74, 6) is 1.24. The number of aryl methyl sites for hydroxylation is 2. The maximum Gasteiger partial charge on any atom is 0.323 e. The van der Waals surface area contributed by atoms with E-state index in [1.165, 1.54) is 0 Å². The van der Waals surface area contributed by atoms with Crippen LogP contribution in [0.3, 0.4) is 0 Å². The lowest BCUT2D eigenvalue weighted by Gasteiger charge is -2.19. The van der Waals surface area contributed by atoms with Crippen molar-refractivity contribution in [2.75, 3.05) is 17.2 Å². The molecule has 192 valence electrons. The van der Waals surface area contributed by atoms with Crippen molar-refractivity contribution in [2.45, 2.75) is 52.9 Å². The van der Waals surface area contributed by atoms with Crippen molar-refractivity contribution >= 4 is 17.4 Å². The SMILES string of the molecule is CCCCCc1cc(-c2ccccc2-c2nn[nH]n2)cc(NC(=O)Nc2ccc(C)cc2)c1OCCC. The smallest absolute Gasteiger partial charge is 0.323 e. The van der Waals surface area contributed by atoms with Crippen LogP contribution in [0.1, 0.15) is 50.7 Å². The number of H-pyrrole nitrogens is 1. The zero-order valence-corrected chi connectivity index (χ0v) is 21.7. The molecule has 0 unspecified atom stereocenters. The predicted octanol–water partition coefficient (Wildman–Crippen LogP) is 7.01. The molecule has 37 heavy (non-hydrogen) atoms. The van der Waals surface area contributed by atoms with Gasteiger partial charge < -0.3 is 15.4 Å². The number of hydrogen-bond acceptors (Lipinski definition) is 5. The van der Waals surface area contributed by atoms with Gasteiger partial charge in [-0.3, -0.25) is 0 Å². The molecule has 2 amide bonds. The van der Waals surface area contributed by atoms with Gasteiger partial charge in [-0.1, -0.05) is 68.7 Å². The first kappa shape index (κ1) is 25.9. The van der Waals surface area contributed by atoms with Gasteiger partial charge in [0.1, 0.15) is 5.75 Å². The van der Waals surface area contributed by atoms with E-state index in [2.05, 4.69) is 51.2 Å². The average Bonchev–Trinajstić information content (AvgIpc) is 3.44. The third-order valence-electron chi connectivity index (χ3n) is 6.05. The van der Waals surface area contributed by atoms with Crippen LogP contribution in [-0.4, -0.2) is 33.3 Å². The monoisotopic (exact) mass is 498 g/mol. The van der Waals surface area contributed by atoms with Gasteiger partial charge >= 0.3 is 6.03 Å². The number of aromatic nitrogens is 4. The molecule has 1 heterocycles. The van der Waals surface area contributed by atoms with Gasteiger partial charge in [0.25, 0.3) is 0 Å². The summed E-state index contributed by atoms with van der Waals surface area (Å²) in [5.41, 5.74) is 6.30. The summed E-state index contributed by atoms with van der Waals surface area (Å²) in [5, 5.41) is 20.6. The van der Waals surface area contributed by atoms with Gasteiger partial charge in [-0.05, 0) is 72.4 Å². The first-order valence-electron chi connectivity index (χ1n) is 12.9. The number of urea groups is 1. The third-order valence-corrected chi connectivity index (χ3v) is 6.05. The summed E-state index contributed by atoms with van der Waals surface area (Å²) < 4.78 is 6.23. The largest absolute Gasteiger partial charge is 0.491 e. The van der Waals surface area contributed by atoms with E-state index in [0.717, 1.165) is 71.4 Å². The topological polar surface area (TPSA) is 105 Å². The number of benzene rings is 3. The molecule has 1 aromatic heterocycles. The molecule has 0 saturated carbocycles. The number of rotatable bonds is 11. The third kappa shape index (κ3) is 6.73. The number of nitrogens with one attached hydrogen (secondary N) is 3. The minimum atomic E-state index is -0.326. The van der Waals surface area contributed by atoms with E-state index in [4.69, 9.17) is 4.74 Å². The average molecular weight is 499 g/mol. The van der Waals surface area contributed by atoms with E-state index in [-0.39, 0.29) is 6.03 Å². The van der Waals surface area contributed by atoms with Crippen LogP contribution < -0.4 is 15.4 Å². The normalized spacial score (nSPS) is 10.8. The molecule has 4 aromatic rings. The number of nitrogens with zero attached hydrogens (tertiary/aromatic N) is 3. The van der Waals surface area contributed by atoms with Crippen molar-refractivity contribution in [1.29, 1.82) is 0 Å². The van der Waals surface area contributed by atoms with Crippen LogP contribution in [0.2, 0.25) is 0 Å². The molecule has 0 aliphatic heterocycles. The van der Waals surface area contributed by atoms with E-state index in [1.54, 1.807) is 0 Å². The number of amides is 2. The molecule has 0 aliphatic carbocycles. The second kappa shape index (κ2) is 12.7. The minimum absolute atomic E-state index is 0.326. The fraction of sp³-hybridized carbons (Fsp3) is 0.310. The first-order chi connectivity index (χ1) is 18.1. The van der Waals surface area contributed by atoms with E-state index >= 15 is 0 Å². The first-order valence-corrected chi connectivity index (χ1v) is 12.9. The number of aromatic amines is 1. The molecule has 8 heteroatoms. The van der Waals surface area contributed by atoms with Crippen LogP contribution >= 0.6 is 0 Å². The Kier molecular flexibility index (Phi) is 8.86. The van der Waals surface area contributed by atoms with Crippen LogP contribution in [0.15, 0.2) is 60.7 Å². The van der Waals surface area contributed by atoms with Crippen LogP contribution in [0, 0.1) is 6.92 Å². The molecular formula is C29H34N6O2. The Hall–Kier alpha value is -4.20. The highest BCUT2D eigenvalue weighted by molar-refractivity contribution is 6.01. The van der Waals surface area contributed by atoms with Crippen molar-refractivity contribution in [3.05, 3.63) is 71.8 Å². The summed E-state index contributed by atoms with van der Waals surface area (Å²) >= 11 is 0. The summed E-state index contributed by atoms with van der Waals surface area (Å²) in [6.45, 7) is 6.84. The molecule has 0 fully saturated rings. The van der Waals surface area contributed by atoms with Crippen molar-refractivity contribution in [2.24, 2.45) is 0 Å². The maximum absolute atomic E-state index is 13.1. The van der Waals surface area contributed by atoms with Gasteiger partial charge in [0.2, 0.25) is 5.82 Å². The van der Waals surface area contributed by atoms with Crippen molar-refractivity contribution in [3.63, 3.8) is 0 Å². The molecule has 0 saturated heterocycles. The molecule has 8 nitrogen and oxygen atoms in total. The van der Waals surface area contributed by atoms with Crippen molar-refractivity contribution < 1.29 is 9.53 Å². The predicted molar refractivity (Wildman–Crippen MR) is 148 cm³/mol. The highest BCUT2D eigenvalue weighted by Crippen LogP contribution is 2.39. The standard InChI is InChI=1S/C29H34N6O2/c1-4-6-7-10-21-18-22(24-11-8-9-12-25(24)28-32-34-35-33-28)19-26(27(21)37-17-5-2)31-29(36)30-23-15-13-20(3)14-16-23/h8-9,11-16,18-19H,4-7,10,17H2,1-3H3,(H2,30,31,36)(H,32,33,34,35). The number of unbranched alkanes of at least 4 members (excludes halogenated alkanes) is 2. The molecule has 0 radical (unpaired) electrons. The summed E-state index contributed by atoms with van der Waals surface area (Å²) in [6, 6.07) is 19.4. The summed E-state index contributed by atoms with van der Waals surface area (Å²) in [7, 11) is 0. The highest BCUT2D eigenvalue weighted by atomic mass is 16.5. The molecule has 0 aliphatic rings. The Bertz CT molecular complexity index is 1300. The van der Waals surface area contributed by atoms with Crippen molar-refractivity contribution in [3.8, 4) is 28.3 Å². The Morgan fingerprint density at radius 3 is 2.43 bits per heavy atom. The van der Waals surface area contributed by atoms with Gasteiger partial charge in [-0.25, -0.2) is 4.79 Å². The number of ether oxygens (including phenoxy) is 1. The van der Waals surface area contributed by atoms with E-state index in [0.29, 0.717) is 18.1 Å². The van der Waals surface area contributed by atoms with Crippen molar-refractivity contribution in [1.82, 2.24) is 20.6 Å².